The monoisotopic (exact) mass is 363 g/mol. The first kappa shape index (κ1) is 16.0. The maximum atomic E-state index is 12.2. The van der Waals surface area contributed by atoms with Gasteiger partial charge in [0.1, 0.15) is 5.82 Å². The van der Waals surface area contributed by atoms with E-state index in [1.54, 1.807) is 6.20 Å². The summed E-state index contributed by atoms with van der Waals surface area (Å²) in [4.78, 5) is 4.73. The number of aryl methyl sites for hydroxylation is 2. The fourth-order valence-electron chi connectivity index (χ4n) is 2.56. The van der Waals surface area contributed by atoms with Crippen molar-refractivity contribution in [2.45, 2.75) is 55.9 Å². The molecular formula is C13H22BrN3O2S. The van der Waals surface area contributed by atoms with Crippen LogP contribution in [0.25, 0.3) is 0 Å². The molecule has 0 aliphatic heterocycles. The lowest BCUT2D eigenvalue weighted by molar-refractivity contribution is 0.366. The maximum Gasteiger partial charge on any atom is 0.259 e. The highest BCUT2D eigenvalue weighted by Gasteiger charge is 2.23. The number of imidazole rings is 1. The summed E-state index contributed by atoms with van der Waals surface area (Å²) in [7, 11) is -3.48. The Bertz CT molecular complexity index is 548. The zero-order valence-corrected chi connectivity index (χ0v) is 14.4. The number of sulfonamides is 1. The normalized spacial score (nSPS) is 23.9. The molecule has 1 saturated carbocycles. The van der Waals surface area contributed by atoms with Crippen LogP contribution in [-0.4, -0.2) is 29.3 Å². The second-order valence-electron chi connectivity index (χ2n) is 5.38. The molecule has 0 saturated heterocycles. The van der Waals surface area contributed by atoms with Gasteiger partial charge in [0.15, 0.2) is 5.03 Å². The predicted molar refractivity (Wildman–Crippen MR) is 82.5 cm³/mol. The van der Waals surface area contributed by atoms with Crippen LogP contribution in [0.2, 0.25) is 0 Å². The van der Waals surface area contributed by atoms with Crippen molar-refractivity contribution in [1.29, 1.82) is 0 Å². The molecule has 7 heteroatoms. The van der Waals surface area contributed by atoms with Crippen molar-refractivity contribution in [2.24, 2.45) is 5.92 Å². The van der Waals surface area contributed by atoms with Crippen molar-refractivity contribution in [3.63, 3.8) is 0 Å². The van der Waals surface area contributed by atoms with E-state index in [4.69, 9.17) is 0 Å². The summed E-state index contributed by atoms with van der Waals surface area (Å²) >= 11 is 3.61. The molecule has 0 aromatic carbocycles. The van der Waals surface area contributed by atoms with E-state index in [2.05, 4.69) is 25.6 Å². The van der Waals surface area contributed by atoms with Crippen molar-refractivity contribution >= 4 is 26.0 Å². The average Bonchev–Trinajstić information content (AvgIpc) is 2.80. The summed E-state index contributed by atoms with van der Waals surface area (Å²) in [6.07, 6.45) is 5.99. The van der Waals surface area contributed by atoms with E-state index in [1.807, 2.05) is 18.4 Å². The van der Waals surface area contributed by atoms with Crippen molar-refractivity contribution in [3.8, 4) is 0 Å². The first-order valence-electron chi connectivity index (χ1n) is 7.10. The van der Waals surface area contributed by atoms with Crippen molar-refractivity contribution in [3.05, 3.63) is 12.0 Å². The van der Waals surface area contributed by atoms with Gasteiger partial charge in [-0.05, 0) is 45.4 Å². The lowest BCUT2D eigenvalue weighted by atomic mass is 9.89. The first-order valence-corrected chi connectivity index (χ1v) is 9.49. The second-order valence-corrected chi connectivity index (χ2v) is 8.39. The minimum absolute atomic E-state index is 0.131. The zero-order chi connectivity index (χ0) is 14.8. The van der Waals surface area contributed by atoms with Gasteiger partial charge < -0.3 is 4.57 Å². The van der Waals surface area contributed by atoms with Gasteiger partial charge in [-0.1, -0.05) is 15.9 Å². The molecule has 1 heterocycles. The highest BCUT2D eigenvalue weighted by molar-refractivity contribution is 9.09. The van der Waals surface area contributed by atoms with E-state index in [9.17, 15) is 8.42 Å². The van der Waals surface area contributed by atoms with Gasteiger partial charge in [-0.25, -0.2) is 18.1 Å². The minimum Gasteiger partial charge on any atom is -0.334 e. The molecule has 1 aromatic rings. The summed E-state index contributed by atoms with van der Waals surface area (Å²) < 4.78 is 29.0. The molecule has 1 fully saturated rings. The Morgan fingerprint density at radius 2 is 2.05 bits per heavy atom. The summed E-state index contributed by atoms with van der Waals surface area (Å²) in [5, 5.41) is 0.131. The smallest absolute Gasteiger partial charge is 0.259 e. The van der Waals surface area contributed by atoms with Crippen LogP contribution in [0, 0.1) is 12.8 Å². The van der Waals surface area contributed by atoms with Crippen LogP contribution >= 0.6 is 15.9 Å². The van der Waals surface area contributed by atoms with Gasteiger partial charge in [-0.15, -0.1) is 0 Å². The Labute approximate surface area is 129 Å². The summed E-state index contributed by atoms with van der Waals surface area (Å²) in [6.45, 7) is 5.03. The Morgan fingerprint density at radius 1 is 1.40 bits per heavy atom. The number of alkyl halides is 1. The lowest BCUT2D eigenvalue weighted by Crippen LogP contribution is -2.31. The van der Waals surface area contributed by atoms with Gasteiger partial charge in [0.25, 0.3) is 10.0 Å². The number of aromatic nitrogens is 2. The molecule has 0 unspecified atom stereocenters. The molecule has 0 amide bonds. The van der Waals surface area contributed by atoms with Crippen LogP contribution < -0.4 is 4.72 Å². The van der Waals surface area contributed by atoms with Crippen molar-refractivity contribution in [2.75, 3.05) is 6.54 Å². The first-order chi connectivity index (χ1) is 9.42. The molecule has 1 aliphatic rings. The maximum absolute atomic E-state index is 12.2. The standard InChI is InChI=1S/C13H22BrN3O2S/c1-3-17-9-13(16-10(17)2)20(18,19)15-8-11-4-6-12(14)7-5-11/h9,11-12,15H,3-8H2,1-2H3. The van der Waals surface area contributed by atoms with E-state index in [1.165, 1.54) is 0 Å². The number of nitrogens with zero attached hydrogens (tertiary/aromatic N) is 2. The fourth-order valence-corrected chi connectivity index (χ4v) is 4.21. The number of halogens is 1. The molecular weight excluding hydrogens is 342 g/mol. The SMILES string of the molecule is CCn1cc(S(=O)(=O)NCC2CCC(Br)CC2)nc1C. The Kier molecular flexibility index (Phi) is 5.25. The van der Waals surface area contributed by atoms with E-state index in [-0.39, 0.29) is 5.03 Å². The van der Waals surface area contributed by atoms with Gasteiger partial charge >= 0.3 is 0 Å². The second kappa shape index (κ2) is 6.58. The number of hydrogen-bond donors (Lipinski definition) is 1. The van der Waals surface area contributed by atoms with Crippen LogP contribution in [0.1, 0.15) is 38.4 Å². The van der Waals surface area contributed by atoms with E-state index in [0.717, 1.165) is 38.1 Å². The average molecular weight is 364 g/mol. The number of hydrogen-bond acceptors (Lipinski definition) is 3. The van der Waals surface area contributed by atoms with Gasteiger partial charge in [0, 0.05) is 24.1 Å². The highest BCUT2D eigenvalue weighted by atomic mass is 79.9. The van der Waals surface area contributed by atoms with Gasteiger partial charge in [-0.2, -0.15) is 0 Å². The third kappa shape index (κ3) is 3.83. The van der Waals surface area contributed by atoms with E-state index in [0.29, 0.717) is 17.3 Å². The molecule has 5 nitrogen and oxygen atoms in total. The molecule has 1 aromatic heterocycles. The molecule has 114 valence electrons. The Hall–Kier alpha value is -0.400. The van der Waals surface area contributed by atoms with Gasteiger partial charge in [-0.3, -0.25) is 0 Å². The van der Waals surface area contributed by atoms with Gasteiger partial charge in [0.2, 0.25) is 0 Å². The summed E-state index contributed by atoms with van der Waals surface area (Å²) in [5.74, 6) is 1.17. The fraction of sp³-hybridized carbons (Fsp3) is 0.769. The van der Waals surface area contributed by atoms with Crippen LogP contribution in [0.3, 0.4) is 0 Å². The van der Waals surface area contributed by atoms with Gasteiger partial charge in [0.05, 0.1) is 0 Å². The third-order valence-corrected chi connectivity index (χ3v) is 6.12. The molecule has 20 heavy (non-hydrogen) atoms. The van der Waals surface area contributed by atoms with Crippen molar-refractivity contribution in [1.82, 2.24) is 14.3 Å². The Morgan fingerprint density at radius 3 is 2.60 bits per heavy atom. The van der Waals surface area contributed by atoms with Crippen LogP contribution in [0.5, 0.6) is 0 Å². The molecule has 0 radical (unpaired) electrons. The highest BCUT2D eigenvalue weighted by Crippen LogP contribution is 2.28. The summed E-state index contributed by atoms with van der Waals surface area (Å²) in [5.41, 5.74) is 0. The van der Waals surface area contributed by atoms with E-state index >= 15 is 0 Å². The van der Waals surface area contributed by atoms with Crippen LogP contribution in [0.15, 0.2) is 11.2 Å². The topological polar surface area (TPSA) is 64.0 Å². The quantitative estimate of drug-likeness (QED) is 0.817. The molecule has 0 atom stereocenters. The largest absolute Gasteiger partial charge is 0.334 e. The minimum atomic E-state index is -3.48. The molecule has 1 aliphatic carbocycles. The number of nitrogens with one attached hydrogen (secondary N) is 1. The van der Waals surface area contributed by atoms with E-state index < -0.39 is 10.0 Å². The molecule has 0 bridgehead atoms. The van der Waals surface area contributed by atoms with Crippen molar-refractivity contribution < 1.29 is 8.42 Å². The third-order valence-electron chi connectivity index (χ3n) is 3.91. The Balaban J connectivity index is 1.96. The molecule has 0 spiro atoms. The van der Waals surface area contributed by atoms with Crippen LogP contribution in [-0.2, 0) is 16.6 Å². The molecule has 2 rings (SSSR count). The van der Waals surface area contributed by atoms with Crippen LogP contribution in [0.4, 0.5) is 0 Å². The predicted octanol–water partition coefficient (Wildman–Crippen LogP) is 2.44. The molecule has 1 N–H and O–H groups in total. The lowest BCUT2D eigenvalue weighted by Gasteiger charge is -2.25. The zero-order valence-electron chi connectivity index (χ0n) is 12.0. The summed E-state index contributed by atoms with van der Waals surface area (Å²) in [6, 6.07) is 0. The number of rotatable bonds is 5.